The van der Waals surface area contributed by atoms with E-state index < -0.39 is 52.1 Å². The molecule has 2 saturated heterocycles. The molecule has 1 saturated carbocycles. The van der Waals surface area contributed by atoms with Crippen LogP contribution in [0.2, 0.25) is 20.1 Å². The topological polar surface area (TPSA) is 201 Å². The number of carbonyl (C=O) groups is 2. The minimum absolute atomic E-state index is 0.0507. The Labute approximate surface area is 484 Å². The third kappa shape index (κ3) is 12.5. The van der Waals surface area contributed by atoms with E-state index in [0.29, 0.717) is 77.8 Å². The number of ether oxygens (including phenoxy) is 1. The number of hydrogen-bond donors (Lipinski definition) is 5. The number of benzene rings is 4. The molecular weight excluding hydrogens is 1190 g/mol. The summed E-state index contributed by atoms with van der Waals surface area (Å²) in [5.41, 5.74) is 14.0. The molecule has 0 radical (unpaired) electrons. The number of anilines is 1. The molecule has 20 heteroatoms. The number of halogens is 5. The summed E-state index contributed by atoms with van der Waals surface area (Å²) in [5.74, 6) is 1.61. The summed E-state index contributed by atoms with van der Waals surface area (Å²) in [6, 6.07) is 24.2. The van der Waals surface area contributed by atoms with E-state index in [-0.39, 0.29) is 42.7 Å². The average molecular weight is 1250 g/mol. The molecule has 2 aliphatic heterocycles. The Balaban J connectivity index is 0.738. The molecule has 15 nitrogen and oxygen atoms in total. The van der Waals surface area contributed by atoms with Crippen molar-refractivity contribution in [1.29, 1.82) is 0 Å². The van der Waals surface area contributed by atoms with Crippen molar-refractivity contribution in [3.05, 3.63) is 154 Å². The molecule has 6 N–H and O–H groups in total. The van der Waals surface area contributed by atoms with E-state index in [9.17, 15) is 19.8 Å². The number of aromatic nitrogens is 6. The third-order valence-electron chi connectivity index (χ3n) is 15.0. The summed E-state index contributed by atoms with van der Waals surface area (Å²) >= 11 is 24.1. The van der Waals surface area contributed by atoms with Crippen molar-refractivity contribution in [3.8, 4) is 0 Å². The van der Waals surface area contributed by atoms with Gasteiger partial charge in [-0.3, -0.25) is 0 Å². The van der Waals surface area contributed by atoms with Crippen LogP contribution in [0, 0.1) is 9.49 Å². The minimum Gasteiger partial charge on any atom is -0.342 e. The third-order valence-corrected chi connectivity index (χ3v) is 18.6. The van der Waals surface area contributed by atoms with Crippen LogP contribution in [0.5, 0.6) is 0 Å². The molecule has 78 heavy (non-hydrogen) atoms. The second-order valence-electron chi connectivity index (χ2n) is 21.9. The van der Waals surface area contributed by atoms with Gasteiger partial charge in [-0.1, -0.05) is 85.4 Å². The van der Waals surface area contributed by atoms with E-state index in [1.807, 2.05) is 24.3 Å². The zero-order valence-corrected chi connectivity index (χ0v) is 49.0. The minimum atomic E-state index is -1.20. The van der Waals surface area contributed by atoms with Gasteiger partial charge >= 0.3 is 289 Å². The Morgan fingerprint density at radius 3 is 2.19 bits per heavy atom. The number of H-pyrrole nitrogens is 1. The van der Waals surface area contributed by atoms with Gasteiger partial charge in [0, 0.05) is 6.42 Å². The second kappa shape index (κ2) is 23.6. The van der Waals surface area contributed by atoms with Gasteiger partial charge in [-0.2, -0.15) is 0 Å². The maximum atomic E-state index is 14.1. The number of aryl methyl sites for hydroxylation is 1. The van der Waals surface area contributed by atoms with Crippen LogP contribution in [-0.4, -0.2) is 117 Å². The van der Waals surface area contributed by atoms with Gasteiger partial charge in [-0.15, -0.1) is 0 Å². The Hall–Kier alpha value is -4.99. The fourth-order valence-corrected chi connectivity index (χ4v) is 12.9. The van der Waals surface area contributed by atoms with Crippen LogP contribution in [0.15, 0.2) is 103 Å². The van der Waals surface area contributed by atoms with Gasteiger partial charge < -0.3 is 4.98 Å². The van der Waals surface area contributed by atoms with Crippen LogP contribution in [0.3, 0.4) is 0 Å². The fourth-order valence-electron chi connectivity index (χ4n) is 10.6. The number of carbonyl (C=O) groups excluding carboxylic acids is 2. The number of aromatic amines is 1. The Morgan fingerprint density at radius 2 is 1.56 bits per heavy atom. The number of hydrogen-bond acceptors (Lipinski definition) is 12. The van der Waals surface area contributed by atoms with E-state index in [0.717, 1.165) is 51.7 Å². The van der Waals surface area contributed by atoms with Crippen LogP contribution in [0.1, 0.15) is 88.2 Å². The molecule has 10 rings (SSSR count). The monoisotopic (exact) mass is 1250 g/mol. The van der Waals surface area contributed by atoms with E-state index in [1.165, 1.54) is 11.9 Å². The Kier molecular flexibility index (Phi) is 17.0. The van der Waals surface area contributed by atoms with Gasteiger partial charge in [0.2, 0.25) is 0 Å². The molecule has 4 aromatic carbocycles. The predicted octanol–water partition coefficient (Wildman–Crippen LogP) is 7.09. The zero-order valence-electron chi connectivity index (χ0n) is 43.8. The molecule has 5 heterocycles. The van der Waals surface area contributed by atoms with Crippen LogP contribution >= 0.6 is 46.4 Å². The zero-order chi connectivity index (χ0) is 55.2. The number of aliphatic hydroxyl groups is 2. The number of imidazole rings is 2. The van der Waals surface area contributed by atoms with Crippen LogP contribution in [0.25, 0.3) is 34.3 Å². The molecule has 3 aliphatic rings. The van der Waals surface area contributed by atoms with E-state index in [4.69, 9.17) is 61.9 Å². The number of ketones is 1. The summed E-state index contributed by atoms with van der Waals surface area (Å²) in [6.07, 6.45) is 6.93. The van der Waals surface area contributed by atoms with E-state index >= 15 is 0 Å². The van der Waals surface area contributed by atoms with E-state index in [2.05, 4.69) is 81.2 Å². The SMILES string of the molecule is CC(C)N(C[C@H]1O[C@@H](n2cnc3c(N[I-]c4ccc(C[C@H](N)C(=O)N5C/C(=C\c6ccc(Cl)c(Cl)c6)C(=O)/C(=C/c6ccc(Cl)c(Cl)c6)C5)cc4)ncnc32)C(O)C1O)C1CC(CCc2nc3ccc(C(C)(C)C)cc3[nH]2)C1. The Morgan fingerprint density at radius 1 is 0.897 bits per heavy atom. The van der Waals surface area contributed by atoms with Crippen LogP contribution in [0.4, 0.5) is 5.82 Å². The standard InChI is InChI=1S/C58H62Cl4IN10O5/c1-31(2)72(40-20-35(21-40)10-17-49-68-46-16-11-38(58(3,4)5)25-47(46)69-49)28-48-52(75)53(76)57(78-48)73-30-67-50-54(65-29-66-55(50)73)70-63-39-12-6-32(7-13-39)24-45(64)56(77)71-26-36(18-33-8-14-41(59)43(61)22-33)51(74)37(27-71)19-34-9-15-42(60)44(62)23-34/h6-9,11-16,18-19,22-23,25,29-31,35,40,45,48,52-53,57,75-76H,10,17,20-21,24,26-28,64H2,1-5H3,(H,68,69)(H,65,66,70)/q-1/b36-18+,37-19+/t35?,40?,45-,48+,52?,53?,57+/m0/s1. The second-order valence-corrected chi connectivity index (χ2v) is 25.9. The van der Waals surface area contributed by atoms with Gasteiger partial charge in [-0.05, 0) is 59.7 Å². The molecule has 7 aromatic rings. The van der Waals surface area contributed by atoms with Crippen molar-refractivity contribution in [2.75, 3.05) is 23.2 Å². The van der Waals surface area contributed by atoms with Crippen molar-refractivity contribution < 1.29 is 46.0 Å². The number of likely N-dealkylation sites (tertiary alicyclic amines) is 1. The first-order chi connectivity index (χ1) is 37.3. The number of aliphatic hydroxyl groups excluding tert-OH is 2. The first kappa shape index (κ1) is 56.3. The fraction of sp³-hybridized carbons (Fsp3) is 0.379. The number of rotatable bonds is 16. The number of nitrogens with zero attached hydrogens (tertiary/aromatic N) is 7. The summed E-state index contributed by atoms with van der Waals surface area (Å²) < 4.78 is 12.7. The molecule has 0 spiro atoms. The normalized spacial score (nSPS) is 22.4. The molecule has 3 fully saturated rings. The van der Waals surface area contributed by atoms with Gasteiger partial charge in [0.05, 0.1) is 31.1 Å². The Bertz CT molecular complexity index is 3360. The average Bonchev–Trinajstić information content (AvgIpc) is 4.12. The molecule has 1 amide bonds. The first-order valence-electron chi connectivity index (χ1n) is 26.1. The smallest absolute Gasteiger partial charge is 0.342 e. The number of nitrogens with two attached hydrogens (primary N) is 1. The quantitative estimate of drug-likeness (QED) is 0.0375. The summed E-state index contributed by atoms with van der Waals surface area (Å²) in [5, 5.41) is 24.3. The number of Topliss-reactive ketones (excluding diaryl/α,β-unsaturated/α-hetero) is 1. The van der Waals surface area contributed by atoms with Crippen LogP contribution in [-0.2, 0) is 32.6 Å². The van der Waals surface area contributed by atoms with Gasteiger partial charge in [0.15, 0.2) is 0 Å². The van der Waals surface area contributed by atoms with Crippen molar-refractivity contribution in [2.24, 2.45) is 11.7 Å². The van der Waals surface area contributed by atoms with E-state index in [1.54, 1.807) is 64.3 Å². The molecule has 3 aromatic heterocycles. The number of amides is 1. The molecular formula is C58H62Cl4IN10O5-. The van der Waals surface area contributed by atoms with Gasteiger partial charge in [-0.25, -0.2) is 4.98 Å². The predicted molar refractivity (Wildman–Crippen MR) is 304 cm³/mol. The molecule has 2 unspecified atom stereocenters. The van der Waals surface area contributed by atoms with Gasteiger partial charge in [0.1, 0.15) is 5.82 Å². The van der Waals surface area contributed by atoms with Crippen molar-refractivity contribution >= 4 is 98.3 Å². The molecule has 410 valence electrons. The number of piperidine rings is 1. The number of nitrogens with one attached hydrogen (secondary N) is 2. The molecule has 0 bridgehead atoms. The molecule has 5 atom stereocenters. The van der Waals surface area contributed by atoms with Crippen molar-refractivity contribution in [3.63, 3.8) is 0 Å². The van der Waals surface area contributed by atoms with Crippen molar-refractivity contribution in [2.45, 2.75) is 115 Å². The van der Waals surface area contributed by atoms with Crippen LogP contribution < -0.4 is 30.7 Å². The summed E-state index contributed by atoms with van der Waals surface area (Å²) in [6.45, 7) is 11.6. The summed E-state index contributed by atoms with van der Waals surface area (Å²) in [4.78, 5) is 54.1. The number of fused-ring (bicyclic) bond motifs is 2. The van der Waals surface area contributed by atoms with Gasteiger partial charge in [0.25, 0.3) is 0 Å². The maximum absolute atomic E-state index is 14.1. The van der Waals surface area contributed by atoms with Crippen molar-refractivity contribution in [1.82, 2.24) is 39.3 Å². The summed E-state index contributed by atoms with van der Waals surface area (Å²) in [7, 11) is 0. The molecule has 1 aliphatic carbocycles. The first-order valence-corrected chi connectivity index (χ1v) is 29.8.